The number of rotatable bonds is 10. The third-order valence-corrected chi connectivity index (χ3v) is 4.41. The van der Waals surface area contributed by atoms with Gasteiger partial charge in [-0.05, 0) is 44.7 Å². The van der Waals surface area contributed by atoms with Crippen LogP contribution in [-0.4, -0.2) is 58.4 Å². The van der Waals surface area contributed by atoms with Crippen molar-refractivity contribution in [2.24, 2.45) is 0 Å². The highest BCUT2D eigenvalue weighted by molar-refractivity contribution is 5.94. The highest BCUT2D eigenvalue weighted by atomic mass is 16.8. The molecule has 8 heteroatoms. The largest absolute Gasteiger partial charge is 0.497 e. The zero-order chi connectivity index (χ0) is 20.7. The standard InChI is InChI=1S/C20H28O8/c1-20(2)27-15(17(11-21)28-20)8-6-7-13-9-14(24-4)10-16(26-12-23-3)18(13)19(22)25-5/h9-11,15,17H,6-8,12H2,1-5H3/t15-,17+/m0/s1. The molecule has 0 aromatic heterocycles. The SMILES string of the molecule is COCOc1cc(OC)cc(CCC[C@@H]2OC(C)(C)O[C@@H]2C=O)c1C(=O)OC. The molecule has 0 saturated carbocycles. The monoisotopic (exact) mass is 396 g/mol. The fourth-order valence-corrected chi connectivity index (χ4v) is 3.23. The molecule has 1 aliphatic rings. The van der Waals surface area contributed by atoms with Crippen molar-refractivity contribution in [2.45, 2.75) is 51.1 Å². The molecule has 1 aliphatic heterocycles. The average Bonchev–Trinajstić information content (AvgIpc) is 2.98. The molecule has 1 heterocycles. The van der Waals surface area contributed by atoms with E-state index in [9.17, 15) is 9.59 Å². The maximum absolute atomic E-state index is 12.3. The summed E-state index contributed by atoms with van der Waals surface area (Å²) in [5, 5.41) is 0. The Morgan fingerprint density at radius 1 is 1.21 bits per heavy atom. The molecule has 0 radical (unpaired) electrons. The normalized spacial score (nSPS) is 20.6. The summed E-state index contributed by atoms with van der Waals surface area (Å²) in [6.07, 6.45) is 1.64. The Labute approximate surface area is 165 Å². The van der Waals surface area contributed by atoms with Gasteiger partial charge in [0.05, 0.1) is 20.3 Å². The lowest BCUT2D eigenvalue weighted by molar-refractivity contribution is -0.150. The van der Waals surface area contributed by atoms with E-state index in [0.717, 1.165) is 11.8 Å². The number of aryl methyl sites for hydroxylation is 1. The van der Waals surface area contributed by atoms with Crippen molar-refractivity contribution in [1.82, 2.24) is 0 Å². The summed E-state index contributed by atoms with van der Waals surface area (Å²) in [4.78, 5) is 23.6. The molecule has 156 valence electrons. The van der Waals surface area contributed by atoms with E-state index in [0.29, 0.717) is 36.3 Å². The van der Waals surface area contributed by atoms with Gasteiger partial charge >= 0.3 is 5.97 Å². The van der Waals surface area contributed by atoms with Gasteiger partial charge in [-0.3, -0.25) is 0 Å². The topological polar surface area (TPSA) is 89.5 Å². The number of esters is 1. The zero-order valence-electron chi connectivity index (χ0n) is 17.0. The van der Waals surface area contributed by atoms with Crippen LogP contribution < -0.4 is 9.47 Å². The van der Waals surface area contributed by atoms with Gasteiger partial charge in [-0.25, -0.2) is 4.79 Å². The van der Waals surface area contributed by atoms with Gasteiger partial charge in [0.1, 0.15) is 23.2 Å². The molecular weight excluding hydrogens is 368 g/mol. The number of carbonyl (C=O) groups excluding carboxylic acids is 2. The van der Waals surface area contributed by atoms with E-state index in [1.54, 1.807) is 26.0 Å². The first-order chi connectivity index (χ1) is 13.3. The van der Waals surface area contributed by atoms with Crippen LogP contribution in [0.25, 0.3) is 0 Å². The summed E-state index contributed by atoms with van der Waals surface area (Å²) in [7, 11) is 4.35. The molecule has 1 aromatic rings. The number of methoxy groups -OCH3 is 3. The minimum atomic E-state index is -0.787. The fourth-order valence-electron chi connectivity index (χ4n) is 3.23. The molecule has 0 unspecified atom stereocenters. The Balaban J connectivity index is 2.18. The second kappa shape index (κ2) is 9.86. The number of ether oxygens (including phenoxy) is 6. The van der Waals surface area contributed by atoms with E-state index in [1.807, 2.05) is 0 Å². The van der Waals surface area contributed by atoms with Crippen LogP contribution in [0.5, 0.6) is 11.5 Å². The van der Waals surface area contributed by atoms with Gasteiger partial charge < -0.3 is 33.2 Å². The summed E-state index contributed by atoms with van der Waals surface area (Å²) in [5.41, 5.74) is 1.05. The van der Waals surface area contributed by atoms with Gasteiger partial charge in [-0.15, -0.1) is 0 Å². The van der Waals surface area contributed by atoms with Crippen molar-refractivity contribution < 1.29 is 38.0 Å². The lowest BCUT2D eigenvalue weighted by Crippen LogP contribution is -2.24. The first kappa shape index (κ1) is 22.1. The molecule has 0 spiro atoms. The van der Waals surface area contributed by atoms with Crippen LogP contribution in [0.15, 0.2) is 12.1 Å². The number of aldehydes is 1. The van der Waals surface area contributed by atoms with Crippen molar-refractivity contribution in [1.29, 1.82) is 0 Å². The van der Waals surface area contributed by atoms with Gasteiger partial charge in [0, 0.05) is 13.2 Å². The first-order valence-electron chi connectivity index (χ1n) is 9.07. The summed E-state index contributed by atoms with van der Waals surface area (Å²) >= 11 is 0. The van der Waals surface area contributed by atoms with Crippen molar-refractivity contribution in [3.05, 3.63) is 23.3 Å². The smallest absolute Gasteiger partial charge is 0.341 e. The molecule has 0 aliphatic carbocycles. The third-order valence-electron chi connectivity index (χ3n) is 4.41. The molecule has 1 aromatic carbocycles. The summed E-state index contributed by atoms with van der Waals surface area (Å²) < 4.78 is 32.1. The molecule has 0 N–H and O–H groups in total. The van der Waals surface area contributed by atoms with Crippen molar-refractivity contribution in [3.63, 3.8) is 0 Å². The van der Waals surface area contributed by atoms with E-state index in [-0.39, 0.29) is 12.9 Å². The lowest BCUT2D eigenvalue weighted by atomic mass is 9.98. The maximum Gasteiger partial charge on any atom is 0.341 e. The molecule has 8 nitrogen and oxygen atoms in total. The number of carbonyl (C=O) groups is 2. The Hall–Kier alpha value is -2.16. The van der Waals surface area contributed by atoms with Crippen LogP contribution in [0.4, 0.5) is 0 Å². The van der Waals surface area contributed by atoms with Crippen LogP contribution in [0.1, 0.15) is 42.6 Å². The van der Waals surface area contributed by atoms with Crippen LogP contribution >= 0.6 is 0 Å². The third kappa shape index (κ3) is 5.43. The number of hydrogen-bond acceptors (Lipinski definition) is 8. The molecule has 28 heavy (non-hydrogen) atoms. The quantitative estimate of drug-likeness (QED) is 0.339. The molecule has 0 bridgehead atoms. The summed E-state index contributed by atoms with van der Waals surface area (Å²) in [6.45, 7) is 3.54. The van der Waals surface area contributed by atoms with Gasteiger partial charge in [0.25, 0.3) is 0 Å². The fraction of sp³-hybridized carbons (Fsp3) is 0.600. The summed E-state index contributed by atoms with van der Waals surface area (Å²) in [5.74, 6) is -0.405. The van der Waals surface area contributed by atoms with Crippen molar-refractivity contribution in [2.75, 3.05) is 28.1 Å². The van der Waals surface area contributed by atoms with Crippen LogP contribution in [0, 0.1) is 0 Å². The molecule has 1 fully saturated rings. The maximum atomic E-state index is 12.3. The van der Waals surface area contributed by atoms with E-state index in [2.05, 4.69) is 0 Å². The van der Waals surface area contributed by atoms with Crippen LogP contribution in [-0.2, 0) is 30.2 Å². The van der Waals surface area contributed by atoms with E-state index in [4.69, 9.17) is 28.4 Å². The van der Waals surface area contributed by atoms with E-state index < -0.39 is 17.9 Å². The average molecular weight is 396 g/mol. The van der Waals surface area contributed by atoms with Gasteiger partial charge in [-0.2, -0.15) is 0 Å². The van der Waals surface area contributed by atoms with Crippen LogP contribution in [0.2, 0.25) is 0 Å². The minimum absolute atomic E-state index is 0.0139. The summed E-state index contributed by atoms with van der Waals surface area (Å²) in [6, 6.07) is 3.40. The second-order valence-corrected chi connectivity index (χ2v) is 6.87. The second-order valence-electron chi connectivity index (χ2n) is 6.87. The number of hydrogen-bond donors (Lipinski definition) is 0. The Morgan fingerprint density at radius 3 is 2.57 bits per heavy atom. The molecule has 1 saturated heterocycles. The van der Waals surface area contributed by atoms with E-state index >= 15 is 0 Å². The van der Waals surface area contributed by atoms with Crippen LogP contribution in [0.3, 0.4) is 0 Å². The molecule has 2 rings (SSSR count). The Kier molecular flexibility index (Phi) is 7.79. The zero-order valence-corrected chi connectivity index (χ0v) is 17.0. The van der Waals surface area contributed by atoms with Gasteiger partial charge in [0.15, 0.2) is 18.9 Å². The van der Waals surface area contributed by atoms with E-state index in [1.165, 1.54) is 21.3 Å². The Bertz CT molecular complexity index is 685. The lowest BCUT2D eigenvalue weighted by Gasteiger charge is -2.18. The molecule has 2 atom stereocenters. The first-order valence-corrected chi connectivity index (χ1v) is 9.07. The minimum Gasteiger partial charge on any atom is -0.497 e. The predicted molar refractivity (Wildman–Crippen MR) is 99.7 cm³/mol. The van der Waals surface area contributed by atoms with Gasteiger partial charge in [0.2, 0.25) is 0 Å². The highest BCUT2D eigenvalue weighted by Crippen LogP contribution is 2.33. The van der Waals surface area contributed by atoms with Crippen molar-refractivity contribution >= 4 is 12.3 Å². The molecular formula is C20H28O8. The number of benzene rings is 1. The van der Waals surface area contributed by atoms with Gasteiger partial charge in [-0.1, -0.05) is 0 Å². The Morgan fingerprint density at radius 2 is 1.96 bits per heavy atom. The van der Waals surface area contributed by atoms with Crippen molar-refractivity contribution in [3.8, 4) is 11.5 Å². The molecule has 0 amide bonds. The highest BCUT2D eigenvalue weighted by Gasteiger charge is 2.40. The predicted octanol–water partition coefficient (Wildman–Crippen LogP) is 2.51.